The van der Waals surface area contributed by atoms with E-state index in [4.69, 9.17) is 5.26 Å². The van der Waals surface area contributed by atoms with Crippen LogP contribution in [0.3, 0.4) is 0 Å². The number of allylic oxidation sites excluding steroid dienone is 1. The number of nitriles is 1. The monoisotopic (exact) mass is 194 g/mol. The van der Waals surface area contributed by atoms with Gasteiger partial charge in [-0.15, -0.1) is 0 Å². The number of hydrogen-bond donors (Lipinski definition) is 1. The Bertz CT molecular complexity index is 272. The second kappa shape index (κ2) is 5.43. The van der Waals surface area contributed by atoms with Crippen molar-refractivity contribution in [3.63, 3.8) is 0 Å². The number of nitrogens with zero attached hydrogens (tertiary/aromatic N) is 1. The van der Waals surface area contributed by atoms with Crippen LogP contribution in [0.2, 0.25) is 0 Å². The van der Waals surface area contributed by atoms with Crippen LogP contribution < -0.4 is 5.32 Å². The molecule has 0 radical (unpaired) electrons. The van der Waals surface area contributed by atoms with Crippen LogP contribution in [0.1, 0.15) is 34.1 Å². The summed E-state index contributed by atoms with van der Waals surface area (Å²) < 4.78 is 0. The molecule has 0 saturated carbocycles. The maximum absolute atomic E-state index is 11.5. The molecule has 0 bridgehead atoms. The van der Waals surface area contributed by atoms with Crippen LogP contribution in [0.25, 0.3) is 0 Å². The first-order valence-corrected chi connectivity index (χ1v) is 4.79. The minimum absolute atomic E-state index is 0.194. The third-order valence-electron chi connectivity index (χ3n) is 2.23. The number of carbonyl (C=O) groups excluding carboxylic acids is 1. The van der Waals surface area contributed by atoms with Gasteiger partial charge >= 0.3 is 0 Å². The molecule has 0 heterocycles. The molecule has 3 heteroatoms. The van der Waals surface area contributed by atoms with E-state index in [-0.39, 0.29) is 5.91 Å². The van der Waals surface area contributed by atoms with Crippen molar-refractivity contribution >= 4 is 5.91 Å². The number of rotatable bonds is 4. The molecule has 1 unspecified atom stereocenters. The fourth-order valence-corrected chi connectivity index (χ4v) is 0.833. The maximum Gasteiger partial charge on any atom is 0.240 e. The Hall–Kier alpha value is -1.30. The Balaban J connectivity index is 4.23. The van der Waals surface area contributed by atoms with E-state index in [0.717, 1.165) is 5.57 Å². The van der Waals surface area contributed by atoms with Crippen molar-refractivity contribution in [2.45, 2.75) is 34.1 Å². The van der Waals surface area contributed by atoms with E-state index in [1.54, 1.807) is 6.92 Å². The van der Waals surface area contributed by atoms with Gasteiger partial charge in [0.2, 0.25) is 5.91 Å². The minimum Gasteiger partial charge on any atom is -0.351 e. The number of nitrogens with one attached hydrogen (secondary N) is 1. The Labute approximate surface area is 85.8 Å². The van der Waals surface area contributed by atoms with Gasteiger partial charge in [0, 0.05) is 6.54 Å². The lowest BCUT2D eigenvalue weighted by atomic mass is 9.88. The number of amides is 1. The summed E-state index contributed by atoms with van der Waals surface area (Å²) in [6.45, 7) is 7.93. The van der Waals surface area contributed by atoms with Crippen LogP contribution in [0.5, 0.6) is 0 Å². The van der Waals surface area contributed by atoms with Crippen LogP contribution >= 0.6 is 0 Å². The minimum atomic E-state index is -0.893. The summed E-state index contributed by atoms with van der Waals surface area (Å²) in [5.74, 6) is -0.194. The third kappa shape index (κ3) is 3.61. The van der Waals surface area contributed by atoms with E-state index in [1.807, 2.05) is 32.9 Å². The summed E-state index contributed by atoms with van der Waals surface area (Å²) in [5.41, 5.74) is 0.260. The van der Waals surface area contributed by atoms with Gasteiger partial charge in [-0.2, -0.15) is 5.26 Å². The zero-order valence-electron chi connectivity index (χ0n) is 9.35. The molecule has 0 aromatic heterocycles. The first kappa shape index (κ1) is 12.7. The summed E-state index contributed by atoms with van der Waals surface area (Å²) in [6, 6.07) is 2.03. The van der Waals surface area contributed by atoms with Crippen molar-refractivity contribution in [2.24, 2.45) is 5.41 Å². The largest absolute Gasteiger partial charge is 0.351 e. The molecule has 78 valence electrons. The zero-order chi connectivity index (χ0) is 11.2. The summed E-state index contributed by atoms with van der Waals surface area (Å²) in [5, 5.41) is 11.6. The molecular formula is C11H18N2O. The van der Waals surface area contributed by atoms with Gasteiger partial charge in [0.25, 0.3) is 0 Å². The van der Waals surface area contributed by atoms with E-state index in [9.17, 15) is 4.79 Å². The molecule has 14 heavy (non-hydrogen) atoms. The highest BCUT2D eigenvalue weighted by Crippen LogP contribution is 2.19. The van der Waals surface area contributed by atoms with Crippen LogP contribution in [0, 0.1) is 16.7 Å². The smallest absolute Gasteiger partial charge is 0.240 e. The van der Waals surface area contributed by atoms with Crippen molar-refractivity contribution in [3.05, 3.63) is 11.6 Å². The molecular weight excluding hydrogens is 176 g/mol. The van der Waals surface area contributed by atoms with E-state index in [1.165, 1.54) is 0 Å². The predicted molar refractivity (Wildman–Crippen MR) is 56.5 cm³/mol. The summed E-state index contributed by atoms with van der Waals surface area (Å²) in [7, 11) is 0. The summed E-state index contributed by atoms with van der Waals surface area (Å²) >= 11 is 0. The average molecular weight is 194 g/mol. The van der Waals surface area contributed by atoms with Crippen molar-refractivity contribution in [1.29, 1.82) is 5.26 Å². The normalized spacial score (nSPS) is 13.6. The van der Waals surface area contributed by atoms with Gasteiger partial charge in [0.15, 0.2) is 0 Å². The molecule has 3 nitrogen and oxygen atoms in total. The van der Waals surface area contributed by atoms with Gasteiger partial charge in [-0.25, -0.2) is 0 Å². The molecule has 0 aliphatic heterocycles. The van der Waals surface area contributed by atoms with Crippen molar-refractivity contribution in [1.82, 2.24) is 5.32 Å². The van der Waals surface area contributed by atoms with Gasteiger partial charge in [0.1, 0.15) is 5.41 Å². The van der Waals surface area contributed by atoms with Gasteiger partial charge in [-0.1, -0.05) is 18.6 Å². The molecule has 0 aromatic rings. The van der Waals surface area contributed by atoms with Gasteiger partial charge in [-0.3, -0.25) is 4.79 Å². The van der Waals surface area contributed by atoms with Crippen LogP contribution in [0.4, 0.5) is 0 Å². The SMILES string of the molecule is CCC(C)(C#N)C(=O)NCC=C(C)C. The lowest BCUT2D eigenvalue weighted by Gasteiger charge is -2.17. The highest BCUT2D eigenvalue weighted by atomic mass is 16.2. The highest BCUT2D eigenvalue weighted by molar-refractivity contribution is 5.84. The Morgan fingerprint density at radius 3 is 2.50 bits per heavy atom. The molecule has 0 saturated heterocycles. The molecule has 1 amide bonds. The molecule has 0 aliphatic carbocycles. The van der Waals surface area contributed by atoms with Gasteiger partial charge < -0.3 is 5.32 Å². The summed E-state index contributed by atoms with van der Waals surface area (Å²) in [6.07, 6.45) is 2.45. The average Bonchev–Trinajstić information content (AvgIpc) is 2.15. The molecule has 0 rings (SSSR count). The molecule has 0 fully saturated rings. The molecule has 1 atom stereocenters. The maximum atomic E-state index is 11.5. The Morgan fingerprint density at radius 2 is 2.14 bits per heavy atom. The zero-order valence-corrected chi connectivity index (χ0v) is 9.35. The highest BCUT2D eigenvalue weighted by Gasteiger charge is 2.30. The molecule has 1 N–H and O–H groups in total. The van der Waals surface area contributed by atoms with Crippen LogP contribution in [-0.4, -0.2) is 12.5 Å². The predicted octanol–water partition coefficient (Wildman–Crippen LogP) is 2.01. The number of carbonyl (C=O) groups is 1. The molecule has 0 spiro atoms. The van der Waals surface area contributed by atoms with Crippen molar-refractivity contribution in [2.75, 3.05) is 6.54 Å². The fourth-order valence-electron chi connectivity index (χ4n) is 0.833. The van der Waals surface area contributed by atoms with Crippen molar-refractivity contribution < 1.29 is 4.79 Å². The first-order chi connectivity index (χ1) is 6.46. The van der Waals surface area contributed by atoms with Crippen molar-refractivity contribution in [3.8, 4) is 6.07 Å². The standard InChI is InChI=1S/C11H18N2O/c1-5-11(4,8-12)10(14)13-7-6-9(2)3/h6H,5,7H2,1-4H3,(H,13,14). The van der Waals surface area contributed by atoms with E-state index < -0.39 is 5.41 Å². The van der Waals surface area contributed by atoms with Crippen LogP contribution in [-0.2, 0) is 4.79 Å². The fraction of sp³-hybridized carbons (Fsp3) is 0.636. The molecule has 0 aliphatic rings. The second-order valence-electron chi connectivity index (χ2n) is 3.79. The quantitative estimate of drug-likeness (QED) is 0.696. The lowest BCUT2D eigenvalue weighted by Crippen LogP contribution is -2.37. The Kier molecular flexibility index (Phi) is 4.93. The first-order valence-electron chi connectivity index (χ1n) is 4.79. The second-order valence-corrected chi connectivity index (χ2v) is 3.79. The molecule has 0 aromatic carbocycles. The van der Waals surface area contributed by atoms with E-state index in [0.29, 0.717) is 13.0 Å². The lowest BCUT2D eigenvalue weighted by molar-refractivity contribution is -0.127. The summed E-state index contributed by atoms with van der Waals surface area (Å²) in [4.78, 5) is 11.5. The topological polar surface area (TPSA) is 52.9 Å². The number of hydrogen-bond acceptors (Lipinski definition) is 2. The Morgan fingerprint density at radius 1 is 1.57 bits per heavy atom. The van der Waals surface area contributed by atoms with Gasteiger partial charge in [0.05, 0.1) is 6.07 Å². The van der Waals surface area contributed by atoms with E-state index in [2.05, 4.69) is 5.32 Å². The third-order valence-corrected chi connectivity index (χ3v) is 2.23. The van der Waals surface area contributed by atoms with E-state index >= 15 is 0 Å². The van der Waals surface area contributed by atoms with Crippen LogP contribution in [0.15, 0.2) is 11.6 Å². The van der Waals surface area contributed by atoms with Gasteiger partial charge in [-0.05, 0) is 27.2 Å².